The summed E-state index contributed by atoms with van der Waals surface area (Å²) in [6.07, 6.45) is 1.61. The minimum absolute atomic E-state index is 0.0415. The zero-order valence-electron chi connectivity index (χ0n) is 17.3. The highest BCUT2D eigenvalue weighted by Gasteiger charge is 2.30. The Kier molecular flexibility index (Phi) is 6.01. The van der Waals surface area contributed by atoms with Crippen LogP contribution in [0.5, 0.6) is 11.5 Å². The highest BCUT2D eigenvalue weighted by atomic mass is 32.2. The molecule has 0 atom stereocenters. The van der Waals surface area contributed by atoms with Crippen LogP contribution in [0.15, 0.2) is 41.3 Å². The molecule has 2 aromatic rings. The van der Waals surface area contributed by atoms with Crippen molar-refractivity contribution in [2.45, 2.75) is 31.2 Å². The molecule has 2 aromatic carbocycles. The van der Waals surface area contributed by atoms with Crippen molar-refractivity contribution >= 4 is 21.4 Å². The predicted molar refractivity (Wildman–Crippen MR) is 115 cm³/mol. The van der Waals surface area contributed by atoms with Gasteiger partial charge in [0.05, 0.1) is 9.82 Å². The third kappa shape index (κ3) is 4.31. The minimum atomic E-state index is -3.73. The van der Waals surface area contributed by atoms with E-state index >= 15 is 0 Å². The molecule has 0 unspecified atom stereocenters. The number of nitrogens with zero attached hydrogens (tertiary/aromatic N) is 3. The molecule has 0 aromatic heterocycles. The largest absolute Gasteiger partial charge is 0.486 e. The third-order valence-electron chi connectivity index (χ3n) is 5.55. The van der Waals surface area contributed by atoms with Gasteiger partial charge < -0.3 is 14.4 Å². The maximum absolute atomic E-state index is 12.9. The van der Waals surface area contributed by atoms with Crippen LogP contribution in [0.4, 0.5) is 11.4 Å². The Morgan fingerprint density at radius 1 is 1.06 bits per heavy atom. The summed E-state index contributed by atoms with van der Waals surface area (Å²) in [4.78, 5) is 13.1. The number of rotatable bonds is 7. The van der Waals surface area contributed by atoms with Crippen molar-refractivity contribution in [3.05, 3.63) is 52.1 Å². The highest BCUT2D eigenvalue weighted by Crippen LogP contribution is 2.35. The lowest BCUT2D eigenvalue weighted by Crippen LogP contribution is -2.28. The van der Waals surface area contributed by atoms with Gasteiger partial charge in [-0.2, -0.15) is 4.31 Å². The summed E-state index contributed by atoms with van der Waals surface area (Å²) in [6.45, 7) is 4.70. The molecule has 1 saturated heterocycles. The van der Waals surface area contributed by atoms with E-state index in [2.05, 4.69) is 0 Å². The van der Waals surface area contributed by atoms with Crippen molar-refractivity contribution in [3.8, 4) is 11.5 Å². The summed E-state index contributed by atoms with van der Waals surface area (Å²) < 4.78 is 38.3. The van der Waals surface area contributed by atoms with Crippen molar-refractivity contribution in [1.82, 2.24) is 4.31 Å². The normalized spacial score (nSPS) is 16.3. The Morgan fingerprint density at radius 2 is 1.77 bits per heavy atom. The Bertz CT molecular complexity index is 1080. The molecule has 31 heavy (non-hydrogen) atoms. The van der Waals surface area contributed by atoms with E-state index < -0.39 is 14.9 Å². The fourth-order valence-corrected chi connectivity index (χ4v) is 5.47. The van der Waals surface area contributed by atoms with E-state index in [0.717, 1.165) is 18.4 Å². The number of fused-ring (bicyclic) bond motifs is 1. The quantitative estimate of drug-likeness (QED) is 0.474. The zero-order valence-corrected chi connectivity index (χ0v) is 18.1. The van der Waals surface area contributed by atoms with Gasteiger partial charge >= 0.3 is 0 Å². The topological polar surface area (TPSA) is 102 Å². The second-order valence-electron chi connectivity index (χ2n) is 7.51. The smallest absolute Gasteiger partial charge is 0.293 e. The Balaban J connectivity index is 1.64. The van der Waals surface area contributed by atoms with Crippen LogP contribution in [0.3, 0.4) is 0 Å². The van der Waals surface area contributed by atoms with Crippen molar-refractivity contribution < 1.29 is 22.8 Å². The van der Waals surface area contributed by atoms with Crippen LogP contribution in [-0.2, 0) is 16.6 Å². The predicted octanol–water partition coefficient (Wildman–Crippen LogP) is 3.18. The van der Waals surface area contributed by atoms with Crippen LogP contribution >= 0.6 is 0 Å². The van der Waals surface area contributed by atoms with E-state index in [1.54, 1.807) is 0 Å². The van der Waals surface area contributed by atoms with Gasteiger partial charge in [0.15, 0.2) is 11.5 Å². The van der Waals surface area contributed by atoms with Crippen LogP contribution in [0.25, 0.3) is 0 Å². The van der Waals surface area contributed by atoms with Gasteiger partial charge in [-0.25, -0.2) is 8.42 Å². The maximum atomic E-state index is 12.9. The van der Waals surface area contributed by atoms with Gasteiger partial charge in [0.25, 0.3) is 5.69 Å². The molecule has 0 bridgehead atoms. The summed E-state index contributed by atoms with van der Waals surface area (Å²) in [5.74, 6) is 1.34. The van der Waals surface area contributed by atoms with Gasteiger partial charge in [0.1, 0.15) is 18.9 Å². The molecule has 4 rings (SSSR count). The summed E-state index contributed by atoms with van der Waals surface area (Å²) >= 11 is 0. The lowest BCUT2D eigenvalue weighted by Gasteiger charge is -2.25. The molecule has 0 aliphatic carbocycles. The summed E-state index contributed by atoms with van der Waals surface area (Å²) in [5.41, 5.74) is 1.07. The number of hydrogen-bond acceptors (Lipinski definition) is 7. The van der Waals surface area contributed by atoms with E-state index in [4.69, 9.17) is 9.47 Å². The van der Waals surface area contributed by atoms with Gasteiger partial charge in [-0.1, -0.05) is 6.07 Å². The molecular weight excluding hydrogens is 422 g/mol. The molecule has 0 radical (unpaired) electrons. The van der Waals surface area contributed by atoms with E-state index in [9.17, 15) is 18.5 Å². The van der Waals surface area contributed by atoms with Gasteiger partial charge in [-0.15, -0.1) is 0 Å². The minimum Gasteiger partial charge on any atom is -0.486 e. The maximum Gasteiger partial charge on any atom is 0.293 e. The zero-order chi connectivity index (χ0) is 22.0. The van der Waals surface area contributed by atoms with Crippen LogP contribution in [0, 0.1) is 10.1 Å². The molecule has 0 amide bonds. The first-order valence-electron chi connectivity index (χ1n) is 10.3. The molecule has 10 heteroatoms. The number of sulfonamides is 1. The summed E-state index contributed by atoms with van der Waals surface area (Å²) in [5, 5.41) is 11.8. The molecule has 2 heterocycles. The molecule has 2 aliphatic heterocycles. The van der Waals surface area contributed by atoms with E-state index in [0.29, 0.717) is 56.6 Å². The van der Waals surface area contributed by atoms with Crippen molar-refractivity contribution in [2.75, 3.05) is 37.7 Å². The second-order valence-corrected chi connectivity index (χ2v) is 9.45. The van der Waals surface area contributed by atoms with Crippen LogP contribution in [-0.4, -0.2) is 50.5 Å². The molecule has 1 fully saturated rings. The molecule has 9 nitrogen and oxygen atoms in total. The van der Waals surface area contributed by atoms with Crippen LogP contribution < -0.4 is 14.4 Å². The standard InChI is InChI=1S/C21H25N3O6S/c1-2-22(15-16-5-8-20-21(13-16)30-12-11-29-20)18-7-6-17(14-19(18)24(25)26)31(27,28)23-9-3-4-10-23/h5-8,13-14H,2-4,9-12,15H2,1H3. The number of benzene rings is 2. The van der Waals surface area contributed by atoms with E-state index in [1.807, 2.05) is 30.0 Å². The third-order valence-corrected chi connectivity index (χ3v) is 7.44. The number of ether oxygens (including phenoxy) is 2. The van der Waals surface area contributed by atoms with Gasteiger partial charge in [0, 0.05) is 32.2 Å². The Hall–Kier alpha value is -2.85. The molecule has 2 aliphatic rings. The Labute approximate surface area is 181 Å². The van der Waals surface area contributed by atoms with E-state index in [-0.39, 0.29) is 10.6 Å². The van der Waals surface area contributed by atoms with Crippen molar-refractivity contribution in [1.29, 1.82) is 0 Å². The number of anilines is 1. The molecule has 0 spiro atoms. The van der Waals surface area contributed by atoms with Crippen LogP contribution in [0.1, 0.15) is 25.3 Å². The van der Waals surface area contributed by atoms with Gasteiger partial charge in [-0.3, -0.25) is 10.1 Å². The lowest BCUT2D eigenvalue weighted by molar-refractivity contribution is -0.384. The fraction of sp³-hybridized carbons (Fsp3) is 0.429. The van der Waals surface area contributed by atoms with Crippen molar-refractivity contribution in [2.24, 2.45) is 0 Å². The molecule has 0 saturated carbocycles. The Morgan fingerprint density at radius 3 is 2.45 bits per heavy atom. The first kappa shape index (κ1) is 21.4. The number of nitro groups is 1. The second kappa shape index (κ2) is 8.72. The number of nitro benzene ring substituents is 1. The van der Waals surface area contributed by atoms with Crippen LogP contribution in [0.2, 0.25) is 0 Å². The number of hydrogen-bond donors (Lipinski definition) is 0. The summed E-state index contributed by atoms with van der Waals surface area (Å²) in [7, 11) is -3.73. The first-order chi connectivity index (χ1) is 14.9. The highest BCUT2D eigenvalue weighted by molar-refractivity contribution is 7.89. The fourth-order valence-electron chi connectivity index (χ4n) is 3.93. The average Bonchev–Trinajstić information content (AvgIpc) is 3.33. The first-order valence-corrected chi connectivity index (χ1v) is 11.8. The van der Waals surface area contributed by atoms with Gasteiger partial charge in [-0.05, 0) is 49.6 Å². The molecule has 166 valence electrons. The summed E-state index contributed by atoms with van der Waals surface area (Å²) in [6, 6.07) is 9.77. The molecule has 0 N–H and O–H groups in total. The van der Waals surface area contributed by atoms with E-state index in [1.165, 1.54) is 22.5 Å². The average molecular weight is 448 g/mol. The molecular formula is C21H25N3O6S. The lowest BCUT2D eigenvalue weighted by atomic mass is 10.1. The van der Waals surface area contributed by atoms with Crippen molar-refractivity contribution in [3.63, 3.8) is 0 Å². The van der Waals surface area contributed by atoms with Gasteiger partial charge in [0.2, 0.25) is 10.0 Å². The monoisotopic (exact) mass is 447 g/mol. The SMILES string of the molecule is CCN(Cc1ccc2c(c1)OCCO2)c1ccc(S(=O)(=O)N2CCCC2)cc1[N+](=O)[O-].